The first-order valence-corrected chi connectivity index (χ1v) is 6.44. The summed E-state index contributed by atoms with van der Waals surface area (Å²) < 4.78 is 7.21. The van der Waals surface area contributed by atoms with Crippen LogP contribution in [0.5, 0.6) is 5.75 Å². The number of rotatable bonds is 3. The van der Waals surface area contributed by atoms with Crippen molar-refractivity contribution in [1.29, 1.82) is 0 Å². The van der Waals surface area contributed by atoms with Crippen LogP contribution in [0, 0.1) is 0 Å². The number of carbonyl (C=O) groups is 1. The molecule has 0 aliphatic carbocycles. The Morgan fingerprint density at radius 2 is 2.15 bits per heavy atom. The van der Waals surface area contributed by atoms with E-state index in [1.807, 2.05) is 0 Å². The zero-order valence-electron chi connectivity index (χ0n) is 10.9. The predicted octanol–water partition coefficient (Wildman–Crippen LogP) is 1.32. The van der Waals surface area contributed by atoms with Crippen LogP contribution in [0.3, 0.4) is 0 Å². The quantitative estimate of drug-likeness (QED) is 0.914. The summed E-state index contributed by atoms with van der Waals surface area (Å²) in [5.74, 6) is -0.165. The van der Waals surface area contributed by atoms with Gasteiger partial charge in [0.1, 0.15) is 5.75 Å². The molecular formula is C13H12BrN3O3. The summed E-state index contributed by atoms with van der Waals surface area (Å²) in [6.45, 7) is 0. The minimum absolute atomic E-state index is 0.156. The average molecular weight is 338 g/mol. The zero-order valence-corrected chi connectivity index (χ0v) is 12.5. The van der Waals surface area contributed by atoms with Crippen molar-refractivity contribution in [3.63, 3.8) is 0 Å². The molecule has 1 aromatic heterocycles. The molecule has 104 valence electrons. The van der Waals surface area contributed by atoms with Crippen molar-refractivity contribution in [2.75, 3.05) is 7.11 Å². The molecule has 7 heteroatoms. The molecule has 2 aromatic rings. The highest BCUT2D eigenvalue weighted by atomic mass is 79.9. The van der Waals surface area contributed by atoms with Gasteiger partial charge in [-0.15, -0.1) is 0 Å². The van der Waals surface area contributed by atoms with Crippen LogP contribution in [0.1, 0.15) is 10.4 Å². The number of hydrogen-bond acceptors (Lipinski definition) is 4. The summed E-state index contributed by atoms with van der Waals surface area (Å²) >= 11 is 3.33. The summed E-state index contributed by atoms with van der Waals surface area (Å²) in [5, 5.41) is 0. The van der Waals surface area contributed by atoms with Gasteiger partial charge in [0.05, 0.1) is 18.4 Å². The third-order valence-electron chi connectivity index (χ3n) is 2.77. The van der Waals surface area contributed by atoms with E-state index in [9.17, 15) is 9.59 Å². The lowest BCUT2D eigenvalue weighted by molar-refractivity contribution is 0.1000. The standard InChI is InChI=1S/C13H12BrN3O3/c1-17-6-9(12(15)18)11(16-13(17)19)8-5-7(14)3-4-10(8)20-2/h3-6H,1-2H3,(H2,15,18). The topological polar surface area (TPSA) is 87.2 Å². The molecule has 0 radical (unpaired) electrons. The highest BCUT2D eigenvalue weighted by Gasteiger charge is 2.17. The first kappa shape index (κ1) is 14.3. The Balaban J connectivity index is 2.81. The van der Waals surface area contributed by atoms with E-state index in [0.717, 1.165) is 4.47 Å². The molecule has 1 heterocycles. The van der Waals surface area contributed by atoms with E-state index in [1.165, 1.54) is 24.9 Å². The first-order chi connectivity index (χ1) is 9.43. The van der Waals surface area contributed by atoms with E-state index in [1.54, 1.807) is 18.2 Å². The fraction of sp³-hybridized carbons (Fsp3) is 0.154. The van der Waals surface area contributed by atoms with Gasteiger partial charge in [0.25, 0.3) is 5.91 Å². The molecule has 0 aliphatic rings. The molecule has 0 aliphatic heterocycles. The normalized spacial score (nSPS) is 10.3. The molecule has 1 amide bonds. The van der Waals surface area contributed by atoms with Crippen LogP contribution >= 0.6 is 15.9 Å². The van der Waals surface area contributed by atoms with Gasteiger partial charge in [-0.3, -0.25) is 4.79 Å². The van der Waals surface area contributed by atoms with E-state index in [4.69, 9.17) is 10.5 Å². The second-order valence-electron chi connectivity index (χ2n) is 4.11. The van der Waals surface area contributed by atoms with E-state index >= 15 is 0 Å². The Morgan fingerprint density at radius 3 is 2.75 bits per heavy atom. The van der Waals surface area contributed by atoms with Gasteiger partial charge in [-0.1, -0.05) is 15.9 Å². The van der Waals surface area contributed by atoms with Gasteiger partial charge in [0.15, 0.2) is 0 Å². The van der Waals surface area contributed by atoms with E-state index in [0.29, 0.717) is 11.3 Å². The van der Waals surface area contributed by atoms with E-state index < -0.39 is 11.6 Å². The third kappa shape index (κ3) is 2.57. The van der Waals surface area contributed by atoms with Gasteiger partial charge < -0.3 is 15.0 Å². The number of aryl methyl sites for hydroxylation is 1. The molecule has 0 saturated heterocycles. The molecule has 1 aromatic carbocycles. The minimum Gasteiger partial charge on any atom is -0.496 e. The van der Waals surface area contributed by atoms with Crippen molar-refractivity contribution in [2.45, 2.75) is 0 Å². The number of carbonyl (C=O) groups excluding carboxylic acids is 1. The fourth-order valence-corrected chi connectivity index (χ4v) is 2.16. The van der Waals surface area contributed by atoms with Crippen LogP contribution in [0.2, 0.25) is 0 Å². The number of ether oxygens (including phenoxy) is 1. The summed E-state index contributed by atoms with van der Waals surface area (Å²) in [5.41, 5.74) is 5.76. The van der Waals surface area contributed by atoms with Crippen LogP contribution in [-0.2, 0) is 7.05 Å². The SMILES string of the molecule is COc1ccc(Br)cc1-c1nc(=O)n(C)cc1C(N)=O. The molecule has 0 atom stereocenters. The molecule has 20 heavy (non-hydrogen) atoms. The summed E-state index contributed by atoms with van der Waals surface area (Å²) in [4.78, 5) is 27.2. The second-order valence-corrected chi connectivity index (χ2v) is 5.02. The molecule has 0 fully saturated rings. The third-order valence-corrected chi connectivity index (χ3v) is 3.26. The Labute approximate surface area is 123 Å². The van der Waals surface area contributed by atoms with Gasteiger partial charge in [-0.2, -0.15) is 4.98 Å². The molecule has 2 rings (SSSR count). The second kappa shape index (κ2) is 5.46. The molecule has 0 saturated carbocycles. The Kier molecular flexibility index (Phi) is 3.89. The van der Waals surface area contributed by atoms with Crippen LogP contribution in [0.15, 0.2) is 33.7 Å². The number of hydrogen-bond donors (Lipinski definition) is 1. The number of primary amides is 1. The van der Waals surface area contributed by atoms with Crippen molar-refractivity contribution in [3.05, 3.63) is 44.9 Å². The van der Waals surface area contributed by atoms with E-state index in [-0.39, 0.29) is 11.3 Å². The van der Waals surface area contributed by atoms with Gasteiger partial charge in [-0.05, 0) is 18.2 Å². The number of amides is 1. The summed E-state index contributed by atoms with van der Waals surface area (Å²) in [6.07, 6.45) is 1.37. The lowest BCUT2D eigenvalue weighted by Gasteiger charge is -2.11. The van der Waals surface area contributed by atoms with Gasteiger partial charge in [0.2, 0.25) is 0 Å². The molecular weight excluding hydrogens is 326 g/mol. The minimum atomic E-state index is -0.662. The van der Waals surface area contributed by atoms with Gasteiger partial charge >= 0.3 is 5.69 Å². The smallest absolute Gasteiger partial charge is 0.347 e. The maximum atomic E-state index is 11.7. The van der Waals surface area contributed by atoms with Crippen LogP contribution < -0.4 is 16.2 Å². The van der Waals surface area contributed by atoms with Crippen LogP contribution in [0.4, 0.5) is 0 Å². The van der Waals surface area contributed by atoms with Crippen molar-refractivity contribution in [1.82, 2.24) is 9.55 Å². The predicted molar refractivity (Wildman–Crippen MR) is 77.7 cm³/mol. The number of aromatic nitrogens is 2. The lowest BCUT2D eigenvalue weighted by Crippen LogP contribution is -2.25. The molecule has 2 N–H and O–H groups in total. The molecule has 0 unspecified atom stereocenters. The van der Waals surface area contributed by atoms with Crippen LogP contribution in [0.25, 0.3) is 11.3 Å². The van der Waals surface area contributed by atoms with Crippen molar-refractivity contribution >= 4 is 21.8 Å². The summed E-state index contributed by atoms with van der Waals surface area (Å²) in [6, 6.07) is 5.21. The highest BCUT2D eigenvalue weighted by molar-refractivity contribution is 9.10. The maximum Gasteiger partial charge on any atom is 0.347 e. The Morgan fingerprint density at radius 1 is 1.45 bits per heavy atom. The number of halogens is 1. The van der Waals surface area contributed by atoms with Gasteiger partial charge in [0, 0.05) is 23.3 Å². The molecule has 6 nitrogen and oxygen atoms in total. The molecule has 0 bridgehead atoms. The number of nitrogens with zero attached hydrogens (tertiary/aromatic N) is 2. The first-order valence-electron chi connectivity index (χ1n) is 5.65. The highest BCUT2D eigenvalue weighted by Crippen LogP contribution is 2.32. The van der Waals surface area contributed by atoms with Crippen molar-refractivity contribution in [3.8, 4) is 17.0 Å². The fourth-order valence-electron chi connectivity index (χ4n) is 1.80. The van der Waals surface area contributed by atoms with Crippen LogP contribution in [-0.4, -0.2) is 22.6 Å². The number of methoxy groups -OCH3 is 1. The number of benzene rings is 1. The maximum absolute atomic E-state index is 11.7. The molecule has 0 spiro atoms. The monoisotopic (exact) mass is 337 g/mol. The zero-order chi connectivity index (χ0) is 14.9. The van der Waals surface area contributed by atoms with Crippen molar-refractivity contribution in [2.24, 2.45) is 12.8 Å². The summed E-state index contributed by atoms with van der Waals surface area (Å²) in [7, 11) is 3.00. The average Bonchev–Trinajstić information content (AvgIpc) is 2.41. The van der Waals surface area contributed by atoms with E-state index in [2.05, 4.69) is 20.9 Å². The lowest BCUT2D eigenvalue weighted by atomic mass is 10.1. The Bertz CT molecular complexity index is 740. The van der Waals surface area contributed by atoms with Gasteiger partial charge in [-0.25, -0.2) is 4.79 Å². The van der Waals surface area contributed by atoms with Crippen molar-refractivity contribution < 1.29 is 9.53 Å². The number of nitrogens with two attached hydrogens (primary N) is 1. The largest absolute Gasteiger partial charge is 0.496 e. The Hall–Kier alpha value is -2.15.